The molecule has 0 aromatic carbocycles. The van der Waals surface area contributed by atoms with Gasteiger partial charge < -0.3 is 10.3 Å². The number of hydrogen-bond acceptors (Lipinski definition) is 2. The number of aromatic nitrogens is 3. The van der Waals surface area contributed by atoms with Gasteiger partial charge in [0.15, 0.2) is 0 Å². The van der Waals surface area contributed by atoms with Crippen LogP contribution >= 0.6 is 11.6 Å². The Labute approximate surface area is 130 Å². The zero-order chi connectivity index (χ0) is 15.0. The molecule has 2 N–H and O–H groups in total. The Kier molecular flexibility index (Phi) is 4.09. The van der Waals surface area contributed by atoms with E-state index in [1.165, 1.54) is 18.4 Å². The first-order chi connectivity index (χ1) is 10.1. The molecule has 1 fully saturated rings. The van der Waals surface area contributed by atoms with Gasteiger partial charge in [-0.3, -0.25) is 4.68 Å². The predicted molar refractivity (Wildman–Crippen MR) is 85.5 cm³/mol. The van der Waals surface area contributed by atoms with Crippen LogP contribution < -0.4 is 5.73 Å². The van der Waals surface area contributed by atoms with Crippen LogP contribution in [0.1, 0.15) is 49.7 Å². The maximum Gasteiger partial charge on any atom is 0.0868 e. The topological polar surface area (TPSA) is 48.8 Å². The van der Waals surface area contributed by atoms with Crippen molar-refractivity contribution >= 4 is 11.6 Å². The second-order valence-electron chi connectivity index (χ2n) is 5.86. The zero-order valence-corrected chi connectivity index (χ0v) is 13.5. The van der Waals surface area contributed by atoms with E-state index in [1.807, 2.05) is 4.68 Å². The lowest BCUT2D eigenvalue weighted by Gasteiger charge is -2.08. The highest BCUT2D eigenvalue weighted by Gasteiger charge is 2.29. The van der Waals surface area contributed by atoms with Gasteiger partial charge >= 0.3 is 0 Å². The van der Waals surface area contributed by atoms with Crippen LogP contribution in [0, 0.1) is 5.92 Å². The number of rotatable bonds is 6. The number of halogens is 1. The van der Waals surface area contributed by atoms with E-state index < -0.39 is 0 Å². The van der Waals surface area contributed by atoms with E-state index in [0.717, 1.165) is 35.9 Å². The van der Waals surface area contributed by atoms with Crippen molar-refractivity contribution in [3.05, 3.63) is 40.4 Å². The third kappa shape index (κ3) is 2.87. The summed E-state index contributed by atoms with van der Waals surface area (Å²) in [6, 6.07) is 2.31. The molecule has 4 nitrogen and oxygen atoms in total. The van der Waals surface area contributed by atoms with Gasteiger partial charge in [0.2, 0.25) is 0 Å². The summed E-state index contributed by atoms with van der Waals surface area (Å²) >= 11 is 6.47. The molecule has 114 valence electrons. The fourth-order valence-electron chi connectivity index (χ4n) is 2.82. The summed E-state index contributed by atoms with van der Waals surface area (Å²) in [5.74, 6) is 0.678. The van der Waals surface area contributed by atoms with E-state index in [1.54, 1.807) is 0 Å². The fraction of sp³-hybridized carbons (Fsp3) is 0.562. The van der Waals surface area contributed by atoms with E-state index in [2.05, 4.69) is 42.0 Å². The summed E-state index contributed by atoms with van der Waals surface area (Å²) in [4.78, 5) is 0. The SMILES string of the molecule is CCc1nn(CC)c(Cn2ccc(C(N)C3CC3)c2)c1Cl. The predicted octanol–water partition coefficient (Wildman–Crippen LogP) is 3.38. The summed E-state index contributed by atoms with van der Waals surface area (Å²) < 4.78 is 4.16. The molecular weight excluding hydrogens is 284 g/mol. The quantitative estimate of drug-likeness (QED) is 0.889. The molecule has 1 aliphatic carbocycles. The molecule has 2 aromatic rings. The van der Waals surface area contributed by atoms with Gasteiger partial charge in [0.1, 0.15) is 0 Å². The Morgan fingerprint density at radius 1 is 1.43 bits per heavy atom. The van der Waals surface area contributed by atoms with Crippen LogP contribution in [-0.2, 0) is 19.5 Å². The van der Waals surface area contributed by atoms with Crippen LogP contribution in [0.3, 0.4) is 0 Å². The minimum atomic E-state index is 0.184. The Morgan fingerprint density at radius 2 is 2.19 bits per heavy atom. The van der Waals surface area contributed by atoms with Crippen LogP contribution in [0.5, 0.6) is 0 Å². The molecule has 0 radical (unpaired) electrons. The van der Waals surface area contributed by atoms with E-state index in [0.29, 0.717) is 5.92 Å². The van der Waals surface area contributed by atoms with Gasteiger partial charge in [-0.1, -0.05) is 18.5 Å². The zero-order valence-electron chi connectivity index (χ0n) is 12.7. The molecule has 0 aliphatic heterocycles. The molecular formula is C16H23ClN4. The normalized spacial score (nSPS) is 16.4. The lowest BCUT2D eigenvalue weighted by atomic mass is 10.1. The average molecular weight is 307 g/mol. The van der Waals surface area contributed by atoms with Gasteiger partial charge in [0.25, 0.3) is 0 Å². The van der Waals surface area contributed by atoms with Gasteiger partial charge in [0, 0.05) is 25.0 Å². The highest BCUT2D eigenvalue weighted by atomic mass is 35.5. The number of nitrogens with two attached hydrogens (primary N) is 1. The van der Waals surface area contributed by atoms with E-state index in [-0.39, 0.29) is 6.04 Å². The highest BCUT2D eigenvalue weighted by Crippen LogP contribution is 2.39. The molecule has 2 heterocycles. The fourth-order valence-corrected chi connectivity index (χ4v) is 3.15. The summed E-state index contributed by atoms with van der Waals surface area (Å²) in [6.07, 6.45) is 7.63. The van der Waals surface area contributed by atoms with Crippen LogP contribution in [0.4, 0.5) is 0 Å². The summed E-state index contributed by atoms with van der Waals surface area (Å²) in [6.45, 7) is 5.76. The highest BCUT2D eigenvalue weighted by molar-refractivity contribution is 6.31. The van der Waals surface area contributed by atoms with E-state index in [4.69, 9.17) is 17.3 Å². The third-order valence-corrected chi connectivity index (χ3v) is 4.75. The van der Waals surface area contributed by atoms with Gasteiger partial charge in [-0.15, -0.1) is 0 Å². The van der Waals surface area contributed by atoms with Crippen molar-refractivity contribution in [3.63, 3.8) is 0 Å². The van der Waals surface area contributed by atoms with Gasteiger partial charge in [-0.05, 0) is 43.7 Å². The van der Waals surface area contributed by atoms with Crippen molar-refractivity contribution in [1.82, 2.24) is 14.3 Å². The Morgan fingerprint density at radius 3 is 2.81 bits per heavy atom. The van der Waals surface area contributed by atoms with Crippen LogP contribution in [0.15, 0.2) is 18.5 Å². The molecule has 1 atom stereocenters. The van der Waals surface area contributed by atoms with Gasteiger partial charge in [-0.25, -0.2) is 0 Å². The van der Waals surface area contributed by atoms with Crippen LogP contribution in [0.25, 0.3) is 0 Å². The first kappa shape index (κ1) is 14.7. The molecule has 2 aromatic heterocycles. The molecule has 5 heteroatoms. The van der Waals surface area contributed by atoms with E-state index in [9.17, 15) is 0 Å². The first-order valence-corrected chi connectivity index (χ1v) is 8.17. The van der Waals surface area contributed by atoms with Crippen molar-refractivity contribution < 1.29 is 0 Å². The molecule has 0 saturated heterocycles. The maximum atomic E-state index is 6.47. The average Bonchev–Trinajstić information content (AvgIpc) is 3.17. The first-order valence-electron chi connectivity index (χ1n) is 7.79. The molecule has 3 rings (SSSR count). The smallest absolute Gasteiger partial charge is 0.0868 e. The van der Waals surface area contributed by atoms with Gasteiger partial charge in [0.05, 0.1) is 23.0 Å². The van der Waals surface area contributed by atoms with Crippen molar-refractivity contribution in [1.29, 1.82) is 0 Å². The van der Waals surface area contributed by atoms with Crippen molar-refractivity contribution in [2.24, 2.45) is 11.7 Å². The maximum absolute atomic E-state index is 6.47. The summed E-state index contributed by atoms with van der Waals surface area (Å²) in [7, 11) is 0. The van der Waals surface area contributed by atoms with Crippen LogP contribution in [-0.4, -0.2) is 14.3 Å². The second-order valence-corrected chi connectivity index (χ2v) is 6.24. The van der Waals surface area contributed by atoms with E-state index >= 15 is 0 Å². The second kappa shape index (κ2) is 5.85. The summed E-state index contributed by atoms with van der Waals surface area (Å²) in [5, 5.41) is 5.38. The minimum absolute atomic E-state index is 0.184. The molecule has 0 bridgehead atoms. The molecule has 21 heavy (non-hydrogen) atoms. The number of aryl methyl sites for hydroxylation is 2. The molecule has 1 aliphatic rings. The Bertz CT molecular complexity index is 624. The standard InChI is InChI=1S/C16H23ClN4/c1-3-13-15(17)14(21(4-2)19-13)10-20-8-7-12(9-20)16(18)11-5-6-11/h7-9,11,16H,3-6,10,18H2,1-2H3. The summed E-state index contributed by atoms with van der Waals surface area (Å²) in [5.41, 5.74) is 9.55. The third-order valence-electron chi connectivity index (χ3n) is 4.31. The Balaban J connectivity index is 1.81. The molecule has 1 unspecified atom stereocenters. The largest absolute Gasteiger partial charge is 0.348 e. The van der Waals surface area contributed by atoms with Crippen molar-refractivity contribution in [3.8, 4) is 0 Å². The van der Waals surface area contributed by atoms with Crippen molar-refractivity contribution in [2.75, 3.05) is 0 Å². The lowest BCUT2D eigenvalue weighted by molar-refractivity contribution is 0.592. The monoisotopic (exact) mass is 306 g/mol. The number of nitrogens with zero attached hydrogens (tertiary/aromatic N) is 3. The van der Waals surface area contributed by atoms with Crippen LogP contribution in [0.2, 0.25) is 5.02 Å². The van der Waals surface area contributed by atoms with Crippen molar-refractivity contribution in [2.45, 2.75) is 52.2 Å². The number of hydrogen-bond donors (Lipinski definition) is 1. The van der Waals surface area contributed by atoms with Gasteiger partial charge in [-0.2, -0.15) is 5.10 Å². The minimum Gasteiger partial charge on any atom is -0.348 e. The molecule has 1 saturated carbocycles. The Hall–Kier alpha value is -1.26. The lowest BCUT2D eigenvalue weighted by Crippen LogP contribution is -2.11. The molecule has 0 spiro atoms. The molecule has 0 amide bonds.